The van der Waals surface area contributed by atoms with E-state index in [0.29, 0.717) is 11.1 Å². The molecule has 0 aromatic heterocycles. The van der Waals surface area contributed by atoms with Gasteiger partial charge in [-0.1, -0.05) is 26.0 Å². The summed E-state index contributed by atoms with van der Waals surface area (Å²) in [5.74, 6) is -0.00942. The van der Waals surface area contributed by atoms with Crippen LogP contribution in [-0.4, -0.2) is 13.0 Å². The quantitative estimate of drug-likeness (QED) is 0.600. The molecule has 1 aromatic carbocycles. The maximum absolute atomic E-state index is 11.2. The molecule has 3 N–H and O–H groups in total. The molecule has 1 rings (SSSR count). The zero-order valence-corrected chi connectivity index (χ0v) is 9.80. The first-order valence-electron chi connectivity index (χ1n) is 4.61. The fraction of sp³-hybridized carbons (Fsp3) is 0.400. The lowest BCUT2D eigenvalue weighted by molar-refractivity contribution is 0.482. The molecule has 0 bridgehead atoms. The zero-order chi connectivity index (χ0) is 11.8. The van der Waals surface area contributed by atoms with E-state index in [-0.39, 0.29) is 16.5 Å². The summed E-state index contributed by atoms with van der Waals surface area (Å²) in [6.45, 7) is 5.39. The van der Waals surface area contributed by atoms with Gasteiger partial charge in [0.05, 0.1) is 5.69 Å². The largest absolute Gasteiger partial charge is 0.397 e. The van der Waals surface area contributed by atoms with Gasteiger partial charge in [0.15, 0.2) is 0 Å². The molecule has 0 amide bonds. The van der Waals surface area contributed by atoms with Crippen molar-refractivity contribution >= 4 is 15.8 Å². The van der Waals surface area contributed by atoms with Gasteiger partial charge >= 0.3 is 0 Å². The minimum absolute atomic E-state index is 0.00942. The monoisotopic (exact) mass is 229 g/mol. The Labute approximate surface area is 89.9 Å². The van der Waals surface area contributed by atoms with Crippen LogP contribution in [0.15, 0.2) is 17.0 Å². The third kappa shape index (κ3) is 2.30. The number of hydrogen-bond acceptors (Lipinski definition) is 3. The number of hydrogen-bond donors (Lipinski definition) is 2. The first kappa shape index (κ1) is 12.0. The second kappa shape index (κ2) is 3.83. The molecular weight excluding hydrogens is 214 g/mol. The van der Waals surface area contributed by atoms with Crippen LogP contribution < -0.4 is 5.73 Å². The summed E-state index contributed by atoms with van der Waals surface area (Å²) in [6, 6.07) is 3.43. The molecule has 0 heterocycles. The van der Waals surface area contributed by atoms with E-state index >= 15 is 0 Å². The third-order valence-electron chi connectivity index (χ3n) is 2.32. The molecule has 0 unspecified atom stereocenters. The summed E-state index contributed by atoms with van der Waals surface area (Å²) in [7, 11) is -4.26. The third-order valence-corrected chi connectivity index (χ3v) is 3.30. The van der Waals surface area contributed by atoms with Crippen molar-refractivity contribution in [2.75, 3.05) is 5.73 Å². The van der Waals surface area contributed by atoms with Gasteiger partial charge in [-0.2, -0.15) is 8.42 Å². The zero-order valence-electron chi connectivity index (χ0n) is 8.98. The first-order chi connectivity index (χ1) is 6.75. The molecule has 84 valence electrons. The van der Waals surface area contributed by atoms with Crippen LogP contribution in [0.1, 0.15) is 30.9 Å². The molecule has 5 heteroatoms. The van der Waals surface area contributed by atoms with Crippen LogP contribution in [0.5, 0.6) is 0 Å². The summed E-state index contributed by atoms with van der Waals surface area (Å²) in [4.78, 5) is -0.155. The lowest BCUT2D eigenvalue weighted by Gasteiger charge is -2.14. The van der Waals surface area contributed by atoms with Crippen LogP contribution in [0.4, 0.5) is 5.69 Å². The van der Waals surface area contributed by atoms with E-state index in [1.165, 1.54) is 0 Å². The van der Waals surface area contributed by atoms with Gasteiger partial charge in [0.1, 0.15) is 4.90 Å². The van der Waals surface area contributed by atoms with Crippen molar-refractivity contribution in [1.29, 1.82) is 0 Å². The van der Waals surface area contributed by atoms with Crippen molar-refractivity contribution < 1.29 is 13.0 Å². The molecule has 0 aliphatic carbocycles. The van der Waals surface area contributed by atoms with Crippen molar-refractivity contribution in [2.24, 2.45) is 0 Å². The maximum atomic E-state index is 11.2. The van der Waals surface area contributed by atoms with Crippen molar-refractivity contribution in [3.8, 4) is 0 Å². The van der Waals surface area contributed by atoms with Gasteiger partial charge in [-0.25, -0.2) is 0 Å². The lowest BCUT2D eigenvalue weighted by Crippen LogP contribution is -2.09. The number of aryl methyl sites for hydroxylation is 1. The molecule has 0 aliphatic heterocycles. The van der Waals surface area contributed by atoms with Gasteiger partial charge in [0, 0.05) is 0 Å². The van der Waals surface area contributed by atoms with Crippen molar-refractivity contribution in [3.63, 3.8) is 0 Å². The predicted octanol–water partition coefficient (Wildman–Crippen LogP) is 1.95. The Hall–Kier alpha value is -1.07. The molecule has 0 spiro atoms. The Morgan fingerprint density at radius 2 is 1.87 bits per heavy atom. The van der Waals surface area contributed by atoms with E-state index in [1.807, 2.05) is 13.8 Å². The Balaban J connectivity index is 3.65. The second-order valence-electron chi connectivity index (χ2n) is 3.84. The smallest absolute Gasteiger partial charge is 0.296 e. The highest BCUT2D eigenvalue weighted by Gasteiger charge is 2.21. The van der Waals surface area contributed by atoms with Crippen LogP contribution >= 0.6 is 0 Å². The predicted molar refractivity (Wildman–Crippen MR) is 59.5 cm³/mol. The molecule has 0 radical (unpaired) electrons. The Bertz CT molecular complexity index is 478. The van der Waals surface area contributed by atoms with Crippen molar-refractivity contribution in [1.82, 2.24) is 0 Å². The van der Waals surface area contributed by atoms with Crippen molar-refractivity contribution in [2.45, 2.75) is 31.6 Å². The highest BCUT2D eigenvalue weighted by Crippen LogP contribution is 2.30. The van der Waals surface area contributed by atoms with Gasteiger partial charge in [0.2, 0.25) is 0 Å². The molecule has 0 saturated heterocycles. The highest BCUT2D eigenvalue weighted by molar-refractivity contribution is 7.86. The Morgan fingerprint density at radius 3 is 2.27 bits per heavy atom. The normalized spacial score (nSPS) is 12.1. The molecule has 15 heavy (non-hydrogen) atoms. The summed E-state index contributed by atoms with van der Waals surface area (Å²) in [5, 5.41) is 0. The Kier molecular flexibility index (Phi) is 3.06. The first-order valence-corrected chi connectivity index (χ1v) is 6.05. The van der Waals surface area contributed by atoms with E-state index in [2.05, 4.69) is 0 Å². The van der Waals surface area contributed by atoms with Crippen LogP contribution in [0.2, 0.25) is 0 Å². The molecule has 0 atom stereocenters. The SMILES string of the molecule is Cc1ccc(C(C)C)c(S(=O)(=O)O)c1N. The van der Waals surface area contributed by atoms with Gasteiger partial charge in [-0.05, 0) is 24.0 Å². The number of rotatable bonds is 2. The second-order valence-corrected chi connectivity index (χ2v) is 5.20. The fourth-order valence-corrected chi connectivity index (χ4v) is 2.50. The number of benzene rings is 1. The summed E-state index contributed by atoms with van der Waals surface area (Å²) < 4.78 is 31.5. The highest BCUT2D eigenvalue weighted by atomic mass is 32.2. The van der Waals surface area contributed by atoms with Gasteiger partial charge in [-0.15, -0.1) is 0 Å². The summed E-state index contributed by atoms with van der Waals surface area (Å²) >= 11 is 0. The molecule has 4 nitrogen and oxygen atoms in total. The average Bonchev–Trinajstić information content (AvgIpc) is 2.06. The summed E-state index contributed by atoms with van der Waals surface area (Å²) in [6.07, 6.45) is 0. The Morgan fingerprint density at radius 1 is 1.33 bits per heavy atom. The van der Waals surface area contributed by atoms with E-state index in [0.717, 1.165) is 0 Å². The standard InChI is InChI=1S/C10H15NO3S/c1-6(2)8-5-4-7(3)9(11)10(8)15(12,13)14/h4-6H,11H2,1-3H3,(H,12,13,14). The van der Waals surface area contributed by atoms with Crippen LogP contribution in [0.3, 0.4) is 0 Å². The van der Waals surface area contributed by atoms with Gasteiger partial charge in [-0.3, -0.25) is 4.55 Å². The van der Waals surface area contributed by atoms with E-state index in [9.17, 15) is 8.42 Å². The molecular formula is C10H15NO3S. The number of anilines is 1. The molecule has 0 aliphatic rings. The topological polar surface area (TPSA) is 80.4 Å². The maximum Gasteiger partial charge on any atom is 0.296 e. The average molecular weight is 229 g/mol. The minimum atomic E-state index is -4.26. The van der Waals surface area contributed by atoms with Gasteiger partial charge in [0.25, 0.3) is 10.1 Å². The van der Waals surface area contributed by atoms with E-state index < -0.39 is 10.1 Å². The van der Waals surface area contributed by atoms with E-state index in [4.69, 9.17) is 10.3 Å². The van der Waals surface area contributed by atoms with Crippen LogP contribution in [0, 0.1) is 6.92 Å². The lowest BCUT2D eigenvalue weighted by atomic mass is 10.0. The molecule has 1 aromatic rings. The molecule has 0 fully saturated rings. The molecule has 0 saturated carbocycles. The van der Waals surface area contributed by atoms with Crippen LogP contribution in [-0.2, 0) is 10.1 Å². The van der Waals surface area contributed by atoms with Crippen molar-refractivity contribution in [3.05, 3.63) is 23.3 Å². The number of nitrogens with two attached hydrogens (primary N) is 1. The fourth-order valence-electron chi connectivity index (χ4n) is 1.46. The minimum Gasteiger partial charge on any atom is -0.397 e. The van der Waals surface area contributed by atoms with E-state index in [1.54, 1.807) is 19.1 Å². The summed E-state index contributed by atoms with van der Waals surface area (Å²) in [5.41, 5.74) is 6.98. The van der Waals surface area contributed by atoms with Crippen LogP contribution in [0.25, 0.3) is 0 Å². The number of nitrogen functional groups attached to an aromatic ring is 1. The van der Waals surface area contributed by atoms with Gasteiger partial charge < -0.3 is 5.73 Å².